The number of carbonyl (C=O) groups is 1. The smallest absolute Gasteiger partial charge is 0.348 e. The molecule has 2 aromatic rings. The molecule has 5 nitrogen and oxygen atoms in total. The van der Waals surface area contributed by atoms with Gasteiger partial charge in [0.25, 0.3) is 0 Å². The van der Waals surface area contributed by atoms with E-state index in [1.807, 2.05) is 19.1 Å². The van der Waals surface area contributed by atoms with Crippen molar-refractivity contribution in [3.05, 3.63) is 46.8 Å². The maximum atomic E-state index is 12.6. The number of amides is 1. The number of benzene rings is 1. The fourth-order valence-electron chi connectivity index (χ4n) is 2.33. The van der Waals surface area contributed by atoms with Crippen molar-refractivity contribution < 1.29 is 17.4 Å². The zero-order valence-corrected chi connectivity index (χ0v) is 16.2. The Morgan fingerprint density at radius 2 is 1.96 bits per heavy atom. The van der Waals surface area contributed by atoms with Gasteiger partial charge in [0.15, 0.2) is 4.21 Å². The van der Waals surface area contributed by atoms with Crippen LogP contribution in [0.4, 0.5) is 0 Å². The van der Waals surface area contributed by atoms with E-state index in [9.17, 15) is 13.2 Å². The number of carbonyl (C=O) groups excluding carboxylic acids is 1. The molecule has 2 rings (SSSR count). The summed E-state index contributed by atoms with van der Waals surface area (Å²) in [6, 6.07) is 10.5. The summed E-state index contributed by atoms with van der Waals surface area (Å²) >= 11 is 1.17. The minimum absolute atomic E-state index is 0.102. The molecule has 1 atom stereocenters. The zero-order valence-electron chi connectivity index (χ0n) is 14.6. The Morgan fingerprint density at radius 1 is 1.24 bits per heavy atom. The van der Waals surface area contributed by atoms with Crippen molar-refractivity contribution in [1.82, 2.24) is 5.32 Å². The van der Waals surface area contributed by atoms with E-state index >= 15 is 0 Å². The van der Waals surface area contributed by atoms with Gasteiger partial charge < -0.3 is 9.50 Å². The first-order chi connectivity index (χ1) is 11.8. The van der Waals surface area contributed by atoms with Crippen LogP contribution in [0.25, 0.3) is 0 Å². The fraction of sp³-hybridized carbons (Fsp3) is 0.389. The molecule has 0 radical (unpaired) electrons. The van der Waals surface area contributed by atoms with Crippen molar-refractivity contribution in [2.75, 3.05) is 6.54 Å². The lowest BCUT2D eigenvalue weighted by molar-refractivity contribution is -0.118. The molecule has 0 aliphatic heterocycles. The Hall–Kier alpha value is -1.86. The highest BCUT2D eigenvalue weighted by Crippen LogP contribution is 2.32. The number of hydrogen-bond acceptors (Lipinski definition) is 5. The Bertz CT molecular complexity index is 827. The van der Waals surface area contributed by atoms with Crippen LogP contribution in [-0.4, -0.2) is 20.9 Å². The maximum Gasteiger partial charge on any atom is 0.348 e. The van der Waals surface area contributed by atoms with E-state index in [1.165, 1.54) is 18.3 Å². The van der Waals surface area contributed by atoms with E-state index in [2.05, 4.69) is 12.2 Å². The lowest BCUT2D eigenvalue weighted by Gasteiger charge is -2.14. The average molecular weight is 382 g/mol. The lowest BCUT2D eigenvalue weighted by Crippen LogP contribution is -2.22. The lowest BCUT2D eigenvalue weighted by atomic mass is 9.98. The van der Waals surface area contributed by atoms with Crippen LogP contribution in [0.2, 0.25) is 0 Å². The van der Waals surface area contributed by atoms with Crippen molar-refractivity contribution in [2.45, 2.75) is 43.7 Å². The largest absolute Gasteiger partial charge is 0.378 e. The summed E-state index contributed by atoms with van der Waals surface area (Å²) in [7, 11) is -3.87. The summed E-state index contributed by atoms with van der Waals surface area (Å²) in [5.74, 6) is 0.488. The molecule has 0 aliphatic rings. The second-order valence-corrected chi connectivity index (χ2v) is 8.78. The molecule has 1 heterocycles. The number of hydrogen-bond donors (Lipinski definition) is 1. The number of thiophene rings is 1. The molecular formula is C18H23NO4S2. The van der Waals surface area contributed by atoms with Crippen LogP contribution in [-0.2, 0) is 21.3 Å². The second kappa shape index (κ2) is 8.49. The van der Waals surface area contributed by atoms with Gasteiger partial charge in [-0.3, -0.25) is 4.79 Å². The molecule has 0 spiro atoms. The summed E-state index contributed by atoms with van der Waals surface area (Å²) in [6.07, 6.45) is 1.48. The standard InChI is InChI=1S/C18H23NO4S2/c1-4-13(2)16-7-5-6-8-17(16)23-25(21,22)18-10-9-15(24-18)11-12-19-14(3)20/h5-10,13H,4,11-12H2,1-3H3,(H,19,20). The number of rotatable bonds is 8. The molecule has 25 heavy (non-hydrogen) atoms. The van der Waals surface area contributed by atoms with Crippen molar-refractivity contribution in [2.24, 2.45) is 0 Å². The molecule has 0 saturated carbocycles. The van der Waals surface area contributed by atoms with Gasteiger partial charge in [-0.05, 0) is 42.5 Å². The predicted molar refractivity (Wildman–Crippen MR) is 99.7 cm³/mol. The Labute approximate surface area is 153 Å². The number of nitrogens with one attached hydrogen (secondary N) is 1. The first kappa shape index (κ1) is 19.5. The molecule has 1 unspecified atom stereocenters. The van der Waals surface area contributed by atoms with Crippen LogP contribution in [0.3, 0.4) is 0 Å². The van der Waals surface area contributed by atoms with Gasteiger partial charge in [0, 0.05) is 18.3 Å². The zero-order chi connectivity index (χ0) is 18.4. The highest BCUT2D eigenvalue weighted by Gasteiger charge is 2.22. The molecule has 7 heteroatoms. The van der Waals surface area contributed by atoms with Crippen LogP contribution < -0.4 is 9.50 Å². The normalized spacial score (nSPS) is 12.6. The maximum absolute atomic E-state index is 12.6. The third-order valence-corrected chi connectivity index (χ3v) is 6.72. The molecule has 0 fully saturated rings. The average Bonchev–Trinajstić information content (AvgIpc) is 3.04. The van der Waals surface area contributed by atoms with Crippen LogP contribution in [0.5, 0.6) is 5.75 Å². The number of para-hydroxylation sites is 1. The van der Waals surface area contributed by atoms with Crippen molar-refractivity contribution in [3.8, 4) is 5.75 Å². The fourth-order valence-corrected chi connectivity index (χ4v) is 4.60. The molecule has 1 N–H and O–H groups in total. The summed E-state index contributed by atoms with van der Waals surface area (Å²) in [5, 5.41) is 2.70. The van der Waals surface area contributed by atoms with Crippen LogP contribution in [0, 0.1) is 0 Å². The van der Waals surface area contributed by atoms with Gasteiger partial charge in [0.05, 0.1) is 0 Å². The molecule has 0 aliphatic carbocycles. The van der Waals surface area contributed by atoms with Crippen LogP contribution in [0.15, 0.2) is 40.6 Å². The van der Waals surface area contributed by atoms with E-state index in [-0.39, 0.29) is 16.0 Å². The topological polar surface area (TPSA) is 72.5 Å². The van der Waals surface area contributed by atoms with Crippen LogP contribution >= 0.6 is 11.3 Å². The van der Waals surface area contributed by atoms with E-state index in [0.29, 0.717) is 18.7 Å². The van der Waals surface area contributed by atoms with Gasteiger partial charge in [0.1, 0.15) is 5.75 Å². The van der Waals surface area contributed by atoms with Crippen molar-refractivity contribution in [3.63, 3.8) is 0 Å². The first-order valence-corrected chi connectivity index (χ1v) is 10.4. The Balaban J connectivity index is 2.15. The monoisotopic (exact) mass is 381 g/mol. The quantitative estimate of drug-likeness (QED) is 0.708. The van der Waals surface area contributed by atoms with E-state index in [0.717, 1.165) is 16.9 Å². The molecule has 1 amide bonds. The van der Waals surface area contributed by atoms with E-state index < -0.39 is 10.1 Å². The minimum Gasteiger partial charge on any atom is -0.378 e. The molecule has 0 bridgehead atoms. The summed E-state index contributed by atoms with van der Waals surface area (Å²) in [5.41, 5.74) is 0.885. The predicted octanol–water partition coefficient (Wildman–Crippen LogP) is 3.71. The molecule has 0 saturated heterocycles. The van der Waals surface area contributed by atoms with Gasteiger partial charge >= 0.3 is 10.1 Å². The SMILES string of the molecule is CCC(C)c1ccccc1OS(=O)(=O)c1ccc(CCNC(C)=O)s1. The minimum atomic E-state index is -3.87. The summed E-state index contributed by atoms with van der Waals surface area (Å²) in [6.45, 7) is 6.02. The van der Waals surface area contributed by atoms with E-state index in [1.54, 1.807) is 24.3 Å². The van der Waals surface area contributed by atoms with Gasteiger partial charge in [-0.1, -0.05) is 32.0 Å². The molecule has 136 valence electrons. The molecule has 1 aromatic heterocycles. The van der Waals surface area contributed by atoms with Gasteiger partial charge in [-0.15, -0.1) is 11.3 Å². The Kier molecular flexibility index (Phi) is 6.61. The molecule has 1 aromatic carbocycles. The third kappa shape index (κ3) is 5.31. The van der Waals surface area contributed by atoms with Gasteiger partial charge in [-0.2, -0.15) is 8.42 Å². The van der Waals surface area contributed by atoms with Gasteiger partial charge in [0.2, 0.25) is 5.91 Å². The Morgan fingerprint density at radius 3 is 2.64 bits per heavy atom. The molecular weight excluding hydrogens is 358 g/mol. The van der Waals surface area contributed by atoms with Crippen LogP contribution in [0.1, 0.15) is 43.6 Å². The second-order valence-electron chi connectivity index (χ2n) is 5.84. The highest BCUT2D eigenvalue weighted by atomic mass is 32.3. The summed E-state index contributed by atoms with van der Waals surface area (Å²) in [4.78, 5) is 11.8. The van der Waals surface area contributed by atoms with Crippen molar-refractivity contribution >= 4 is 27.4 Å². The highest BCUT2D eigenvalue weighted by molar-refractivity contribution is 7.89. The van der Waals surface area contributed by atoms with Crippen molar-refractivity contribution in [1.29, 1.82) is 0 Å². The first-order valence-electron chi connectivity index (χ1n) is 8.20. The summed E-state index contributed by atoms with van der Waals surface area (Å²) < 4.78 is 30.7. The van der Waals surface area contributed by atoms with Gasteiger partial charge in [-0.25, -0.2) is 0 Å². The van der Waals surface area contributed by atoms with E-state index in [4.69, 9.17) is 4.18 Å². The third-order valence-electron chi connectivity index (χ3n) is 3.89.